The van der Waals surface area contributed by atoms with Crippen molar-refractivity contribution in [1.29, 1.82) is 0 Å². The number of nitrogens with zero attached hydrogens (tertiary/aromatic N) is 3. The van der Waals surface area contributed by atoms with Gasteiger partial charge >= 0.3 is 18.0 Å². The molecule has 0 atom stereocenters. The average Bonchev–Trinajstić information content (AvgIpc) is 3.25. The minimum absolute atomic E-state index is 0.155. The Balaban J connectivity index is 1.85. The van der Waals surface area contributed by atoms with Gasteiger partial charge in [0.25, 0.3) is 0 Å². The number of halogens is 7. The SMILES string of the molecule is NC(=O)c1ccccc1-c1cnn(-c2ccc(C(F)(C(F)(F)F)C(F)(F)F)n2C2CC2)c1. The van der Waals surface area contributed by atoms with Crippen molar-refractivity contribution in [2.45, 2.75) is 36.9 Å². The zero-order chi connectivity index (χ0) is 23.5. The number of alkyl halides is 7. The molecule has 0 bridgehead atoms. The Morgan fingerprint density at radius 3 is 2.16 bits per heavy atom. The van der Waals surface area contributed by atoms with Gasteiger partial charge in [-0.2, -0.15) is 31.4 Å². The summed E-state index contributed by atoms with van der Waals surface area (Å²) in [5.74, 6) is -0.893. The summed E-state index contributed by atoms with van der Waals surface area (Å²) in [7, 11) is 0. The average molecular weight is 460 g/mol. The molecule has 32 heavy (non-hydrogen) atoms. The quantitative estimate of drug-likeness (QED) is 0.541. The maximum Gasteiger partial charge on any atom is 0.437 e. The third kappa shape index (κ3) is 3.33. The maximum atomic E-state index is 14.8. The number of amides is 1. The number of aromatic nitrogens is 3. The Kier molecular flexibility index (Phi) is 4.86. The minimum atomic E-state index is -6.22. The van der Waals surface area contributed by atoms with Crippen molar-refractivity contribution in [1.82, 2.24) is 14.3 Å². The second-order valence-electron chi connectivity index (χ2n) is 7.42. The fourth-order valence-corrected chi connectivity index (χ4v) is 3.61. The zero-order valence-electron chi connectivity index (χ0n) is 16.1. The Hall–Kier alpha value is -3.31. The highest BCUT2D eigenvalue weighted by Crippen LogP contribution is 2.55. The molecule has 1 amide bonds. The molecule has 170 valence electrons. The molecule has 2 N–H and O–H groups in total. The van der Waals surface area contributed by atoms with Crippen LogP contribution in [0.3, 0.4) is 0 Å². The van der Waals surface area contributed by atoms with E-state index in [0.717, 1.165) is 10.7 Å². The molecule has 1 aromatic carbocycles. The summed E-state index contributed by atoms with van der Waals surface area (Å²) < 4.78 is 96.5. The number of hydrogen-bond donors (Lipinski definition) is 1. The van der Waals surface area contributed by atoms with E-state index in [0.29, 0.717) is 34.6 Å². The van der Waals surface area contributed by atoms with E-state index in [4.69, 9.17) is 5.73 Å². The topological polar surface area (TPSA) is 65.8 Å². The zero-order valence-corrected chi connectivity index (χ0v) is 16.1. The summed E-state index contributed by atoms with van der Waals surface area (Å²) in [5.41, 5.74) is -0.867. The molecular formula is C20H15F7N4O. The minimum Gasteiger partial charge on any atom is -0.366 e. The Morgan fingerprint density at radius 2 is 1.59 bits per heavy atom. The molecule has 12 heteroatoms. The van der Waals surface area contributed by atoms with Crippen molar-refractivity contribution in [2.75, 3.05) is 0 Å². The first-order valence-corrected chi connectivity index (χ1v) is 9.34. The highest BCUT2D eigenvalue weighted by Gasteiger charge is 2.75. The van der Waals surface area contributed by atoms with E-state index in [9.17, 15) is 35.5 Å². The largest absolute Gasteiger partial charge is 0.437 e. The van der Waals surface area contributed by atoms with Gasteiger partial charge in [0.15, 0.2) is 0 Å². The fraction of sp³-hybridized carbons (Fsp3) is 0.300. The van der Waals surface area contributed by atoms with E-state index >= 15 is 0 Å². The van der Waals surface area contributed by atoms with Crippen molar-refractivity contribution < 1.29 is 35.5 Å². The first-order valence-electron chi connectivity index (χ1n) is 9.34. The number of primary amides is 1. The molecule has 0 aliphatic heterocycles. The van der Waals surface area contributed by atoms with Crippen LogP contribution >= 0.6 is 0 Å². The van der Waals surface area contributed by atoms with Crippen LogP contribution in [0.1, 0.15) is 34.9 Å². The summed E-state index contributed by atoms with van der Waals surface area (Å²) in [6.45, 7) is 0. The van der Waals surface area contributed by atoms with Gasteiger partial charge in [-0.05, 0) is 36.6 Å². The van der Waals surface area contributed by atoms with Gasteiger partial charge < -0.3 is 10.3 Å². The van der Waals surface area contributed by atoms with Crippen LogP contribution in [0.2, 0.25) is 0 Å². The number of hydrogen-bond acceptors (Lipinski definition) is 2. The summed E-state index contributed by atoms with van der Waals surface area (Å²) in [6, 6.07) is 6.92. The third-order valence-electron chi connectivity index (χ3n) is 5.26. The van der Waals surface area contributed by atoms with E-state index in [-0.39, 0.29) is 11.4 Å². The molecule has 2 aromatic heterocycles. The van der Waals surface area contributed by atoms with Gasteiger partial charge in [-0.25, -0.2) is 9.07 Å². The fourth-order valence-electron chi connectivity index (χ4n) is 3.61. The van der Waals surface area contributed by atoms with E-state index in [1.54, 1.807) is 18.2 Å². The van der Waals surface area contributed by atoms with E-state index in [1.165, 1.54) is 18.5 Å². The number of benzene rings is 1. The molecule has 3 aromatic rings. The van der Waals surface area contributed by atoms with E-state index in [1.807, 2.05) is 0 Å². The lowest BCUT2D eigenvalue weighted by atomic mass is 10.0. The Labute approximate surface area is 176 Å². The second-order valence-corrected chi connectivity index (χ2v) is 7.42. The molecule has 0 saturated heterocycles. The van der Waals surface area contributed by atoms with Crippen LogP contribution in [-0.4, -0.2) is 32.6 Å². The van der Waals surface area contributed by atoms with Crippen LogP contribution in [-0.2, 0) is 5.67 Å². The highest BCUT2D eigenvalue weighted by molar-refractivity contribution is 5.99. The van der Waals surface area contributed by atoms with Gasteiger partial charge in [0.05, 0.1) is 11.9 Å². The Morgan fingerprint density at radius 1 is 0.969 bits per heavy atom. The first kappa shape index (κ1) is 21.9. The lowest BCUT2D eigenvalue weighted by Crippen LogP contribution is -2.51. The lowest BCUT2D eigenvalue weighted by Gasteiger charge is -2.31. The van der Waals surface area contributed by atoms with Crippen molar-refractivity contribution in [3.8, 4) is 16.9 Å². The number of rotatable bonds is 5. The van der Waals surface area contributed by atoms with Crippen LogP contribution < -0.4 is 5.73 Å². The highest BCUT2D eigenvalue weighted by atomic mass is 19.4. The predicted octanol–water partition coefficient (Wildman–Crippen LogP) is 5.06. The van der Waals surface area contributed by atoms with E-state index in [2.05, 4.69) is 5.10 Å². The molecule has 1 fully saturated rings. The molecular weight excluding hydrogens is 445 g/mol. The Bertz CT molecular complexity index is 1160. The summed E-state index contributed by atoms with van der Waals surface area (Å²) in [5, 5.41) is 4.01. The van der Waals surface area contributed by atoms with Gasteiger partial charge in [0, 0.05) is 23.4 Å². The van der Waals surface area contributed by atoms with Crippen molar-refractivity contribution >= 4 is 5.91 Å². The van der Waals surface area contributed by atoms with Gasteiger partial charge in [-0.3, -0.25) is 4.79 Å². The smallest absolute Gasteiger partial charge is 0.366 e. The molecule has 1 aliphatic rings. The first-order chi connectivity index (χ1) is 14.9. The van der Waals surface area contributed by atoms with E-state index < -0.39 is 35.7 Å². The molecule has 1 aliphatic carbocycles. The van der Waals surface area contributed by atoms with Gasteiger partial charge in [0.1, 0.15) is 5.82 Å². The summed E-state index contributed by atoms with van der Waals surface area (Å²) >= 11 is 0. The molecule has 0 radical (unpaired) electrons. The summed E-state index contributed by atoms with van der Waals surface area (Å²) in [6.07, 6.45) is -9.26. The van der Waals surface area contributed by atoms with Crippen LogP contribution in [0.5, 0.6) is 0 Å². The predicted molar refractivity (Wildman–Crippen MR) is 98.7 cm³/mol. The molecule has 2 heterocycles. The van der Waals surface area contributed by atoms with Crippen molar-refractivity contribution in [2.24, 2.45) is 5.73 Å². The van der Waals surface area contributed by atoms with Crippen molar-refractivity contribution in [3.05, 3.63) is 60.0 Å². The van der Waals surface area contributed by atoms with Crippen LogP contribution in [0.4, 0.5) is 30.7 Å². The van der Waals surface area contributed by atoms with Gasteiger partial charge in [-0.1, -0.05) is 18.2 Å². The number of carbonyl (C=O) groups excluding carboxylic acids is 1. The standard InChI is InChI=1S/C20H15F7N4O/c21-18(19(22,23)24,20(25,26)27)15-7-8-16(31(15)12-5-6-12)30-10-11(9-29-30)13-3-1-2-4-14(13)17(28)32/h1-4,7-10,12H,5-6H2,(H2,28,32). The second kappa shape index (κ2) is 7.10. The van der Waals surface area contributed by atoms with Crippen LogP contribution in [0.15, 0.2) is 48.8 Å². The lowest BCUT2D eigenvalue weighted by molar-refractivity contribution is -0.350. The normalized spacial score (nSPS) is 15.2. The third-order valence-corrected chi connectivity index (χ3v) is 5.26. The number of carbonyl (C=O) groups is 1. The number of nitrogens with two attached hydrogens (primary N) is 1. The summed E-state index contributed by atoms with van der Waals surface area (Å²) in [4.78, 5) is 11.7. The molecule has 1 saturated carbocycles. The molecule has 0 spiro atoms. The van der Waals surface area contributed by atoms with Gasteiger partial charge in [-0.15, -0.1) is 0 Å². The molecule has 4 rings (SSSR count). The monoisotopic (exact) mass is 460 g/mol. The van der Waals surface area contributed by atoms with Crippen molar-refractivity contribution in [3.63, 3.8) is 0 Å². The maximum absolute atomic E-state index is 14.8. The van der Waals surface area contributed by atoms with Crippen LogP contribution in [0.25, 0.3) is 16.9 Å². The van der Waals surface area contributed by atoms with Gasteiger partial charge in [0.2, 0.25) is 5.91 Å². The molecule has 0 unspecified atom stereocenters. The molecule has 5 nitrogen and oxygen atoms in total. The van der Waals surface area contributed by atoms with Crippen LogP contribution in [0, 0.1) is 0 Å².